The lowest BCUT2D eigenvalue weighted by molar-refractivity contribution is -0.385. The molecule has 2 rings (SSSR count). The average Bonchev–Trinajstić information content (AvgIpc) is 2.59. The molecule has 0 radical (unpaired) electrons. The number of para-hydroxylation sites is 1. The molecule has 0 aromatic heterocycles. The summed E-state index contributed by atoms with van der Waals surface area (Å²) in [5, 5.41) is 26.3. The molecule has 8 nitrogen and oxygen atoms in total. The van der Waals surface area contributed by atoms with E-state index >= 15 is 0 Å². The van der Waals surface area contributed by atoms with Gasteiger partial charge in [0.15, 0.2) is 10.9 Å². The average molecular weight is 360 g/mol. The Labute approximate surface area is 149 Å². The molecule has 0 bridgehead atoms. The fourth-order valence-corrected chi connectivity index (χ4v) is 2.17. The summed E-state index contributed by atoms with van der Waals surface area (Å²) in [7, 11) is 1.36. The molecule has 0 fully saturated rings. The van der Waals surface area contributed by atoms with Gasteiger partial charge in [-0.05, 0) is 36.0 Å². The Morgan fingerprint density at radius 3 is 2.76 bits per heavy atom. The second kappa shape index (κ2) is 8.06. The highest BCUT2D eigenvalue weighted by Crippen LogP contribution is 2.28. The molecule has 0 unspecified atom stereocenters. The van der Waals surface area contributed by atoms with Crippen molar-refractivity contribution in [1.29, 1.82) is 0 Å². The summed E-state index contributed by atoms with van der Waals surface area (Å²) in [5.74, 6) is 0.225. The standard InChI is InChI=1S/C16H16N4O4S/c1-24-15-7-6-11(8-13(15)20(22)23)10-19(16(17)25)18-9-12-4-2-3-5-14(12)21/h2-9,21H,10H2,1H3,(H2,17,25)/b18-9+. The van der Waals surface area contributed by atoms with Gasteiger partial charge in [-0.3, -0.25) is 10.1 Å². The summed E-state index contributed by atoms with van der Waals surface area (Å²) in [6, 6.07) is 11.2. The molecule has 0 aliphatic heterocycles. The molecule has 0 spiro atoms. The topological polar surface area (TPSA) is 114 Å². The third-order valence-corrected chi connectivity index (χ3v) is 3.51. The number of aromatic hydroxyl groups is 1. The number of phenols is 1. The Balaban J connectivity index is 2.25. The zero-order chi connectivity index (χ0) is 18.4. The van der Waals surface area contributed by atoms with Crippen LogP contribution in [0.3, 0.4) is 0 Å². The van der Waals surface area contributed by atoms with Crippen LogP contribution in [0.5, 0.6) is 11.5 Å². The van der Waals surface area contributed by atoms with E-state index in [1.807, 2.05) is 0 Å². The quantitative estimate of drug-likeness (QED) is 0.352. The van der Waals surface area contributed by atoms with E-state index in [1.54, 1.807) is 24.3 Å². The number of nitrogens with two attached hydrogens (primary N) is 1. The maximum absolute atomic E-state index is 11.1. The van der Waals surface area contributed by atoms with Crippen molar-refractivity contribution in [2.75, 3.05) is 7.11 Å². The van der Waals surface area contributed by atoms with E-state index in [1.165, 1.54) is 36.5 Å². The number of hydrogen-bond donors (Lipinski definition) is 2. The van der Waals surface area contributed by atoms with E-state index in [-0.39, 0.29) is 28.8 Å². The molecular formula is C16H16N4O4S. The molecule has 0 saturated heterocycles. The Hall–Kier alpha value is -3.20. The van der Waals surface area contributed by atoms with Crippen LogP contribution in [0.25, 0.3) is 0 Å². The molecule has 0 aliphatic rings. The molecule has 9 heteroatoms. The van der Waals surface area contributed by atoms with Gasteiger partial charge in [0.2, 0.25) is 0 Å². The molecule has 25 heavy (non-hydrogen) atoms. The number of hydrogen-bond acceptors (Lipinski definition) is 6. The van der Waals surface area contributed by atoms with Crippen LogP contribution in [0.15, 0.2) is 47.6 Å². The zero-order valence-corrected chi connectivity index (χ0v) is 14.1. The summed E-state index contributed by atoms with van der Waals surface area (Å²) < 4.78 is 4.97. The second-order valence-electron chi connectivity index (χ2n) is 4.96. The number of nitrogens with zero attached hydrogens (tertiary/aromatic N) is 3. The molecule has 0 atom stereocenters. The molecule has 0 heterocycles. The van der Waals surface area contributed by atoms with E-state index < -0.39 is 4.92 Å². The number of rotatable bonds is 6. The minimum Gasteiger partial charge on any atom is -0.507 e. The van der Waals surface area contributed by atoms with Crippen molar-refractivity contribution in [2.24, 2.45) is 10.8 Å². The number of phenolic OH excluding ortho intramolecular Hbond substituents is 1. The first kappa shape index (κ1) is 18.1. The molecule has 0 amide bonds. The van der Waals surface area contributed by atoms with Crippen LogP contribution >= 0.6 is 12.2 Å². The normalized spacial score (nSPS) is 10.6. The Bertz CT molecular complexity index is 826. The largest absolute Gasteiger partial charge is 0.507 e. The zero-order valence-electron chi connectivity index (χ0n) is 13.3. The lowest BCUT2D eigenvalue weighted by Gasteiger charge is -2.17. The maximum atomic E-state index is 11.1. The van der Waals surface area contributed by atoms with Crippen molar-refractivity contribution in [3.05, 3.63) is 63.7 Å². The molecule has 0 saturated carbocycles. The predicted octanol–water partition coefficient (Wildman–Crippen LogP) is 2.39. The van der Waals surface area contributed by atoms with Crippen molar-refractivity contribution in [1.82, 2.24) is 5.01 Å². The second-order valence-corrected chi connectivity index (χ2v) is 5.38. The smallest absolute Gasteiger partial charge is 0.311 e. The Kier molecular flexibility index (Phi) is 5.85. The summed E-state index contributed by atoms with van der Waals surface area (Å²) in [4.78, 5) is 10.6. The first-order valence-corrected chi connectivity index (χ1v) is 7.53. The van der Waals surface area contributed by atoms with E-state index in [0.717, 1.165) is 0 Å². The minimum atomic E-state index is -0.529. The van der Waals surface area contributed by atoms with Crippen LogP contribution in [0, 0.1) is 10.1 Å². The SMILES string of the molecule is COc1ccc(CN(/N=C/c2ccccc2O)C(N)=S)cc1[N+](=O)[O-]. The number of benzene rings is 2. The molecule has 2 aromatic carbocycles. The van der Waals surface area contributed by atoms with Crippen molar-refractivity contribution in [3.8, 4) is 11.5 Å². The summed E-state index contributed by atoms with van der Waals surface area (Å²) in [5.41, 5.74) is 6.57. The van der Waals surface area contributed by atoms with Gasteiger partial charge in [0, 0.05) is 11.6 Å². The molecule has 130 valence electrons. The van der Waals surface area contributed by atoms with Gasteiger partial charge in [0.1, 0.15) is 5.75 Å². The van der Waals surface area contributed by atoms with Crippen LogP contribution in [-0.4, -0.2) is 33.5 Å². The number of methoxy groups -OCH3 is 1. The van der Waals surface area contributed by atoms with Gasteiger partial charge in [-0.2, -0.15) is 5.10 Å². The highest BCUT2D eigenvalue weighted by atomic mass is 32.1. The van der Waals surface area contributed by atoms with E-state index in [4.69, 9.17) is 22.7 Å². The Morgan fingerprint density at radius 2 is 2.16 bits per heavy atom. The van der Waals surface area contributed by atoms with Crippen molar-refractivity contribution < 1.29 is 14.8 Å². The monoisotopic (exact) mass is 360 g/mol. The molecule has 2 aromatic rings. The highest BCUT2D eigenvalue weighted by molar-refractivity contribution is 7.80. The van der Waals surface area contributed by atoms with Gasteiger partial charge in [-0.15, -0.1) is 0 Å². The predicted molar refractivity (Wildman–Crippen MR) is 97.7 cm³/mol. The number of nitro benzene ring substituents is 1. The number of nitro groups is 1. The van der Waals surface area contributed by atoms with Gasteiger partial charge >= 0.3 is 5.69 Å². The fraction of sp³-hybridized carbons (Fsp3) is 0.125. The molecular weight excluding hydrogens is 344 g/mol. The van der Waals surface area contributed by atoms with Gasteiger partial charge < -0.3 is 15.6 Å². The van der Waals surface area contributed by atoms with Gasteiger partial charge in [-0.1, -0.05) is 18.2 Å². The van der Waals surface area contributed by atoms with E-state index in [9.17, 15) is 15.2 Å². The maximum Gasteiger partial charge on any atom is 0.311 e. The summed E-state index contributed by atoms with van der Waals surface area (Å²) in [6.45, 7) is 0.129. The van der Waals surface area contributed by atoms with Crippen LogP contribution < -0.4 is 10.5 Å². The van der Waals surface area contributed by atoms with E-state index in [0.29, 0.717) is 11.1 Å². The van der Waals surface area contributed by atoms with Crippen LogP contribution in [-0.2, 0) is 6.54 Å². The minimum absolute atomic E-state index is 0.00913. The van der Waals surface area contributed by atoms with Crippen LogP contribution in [0.2, 0.25) is 0 Å². The highest BCUT2D eigenvalue weighted by Gasteiger charge is 2.16. The third-order valence-electron chi connectivity index (χ3n) is 3.30. The fourth-order valence-electron chi connectivity index (χ4n) is 2.05. The summed E-state index contributed by atoms with van der Waals surface area (Å²) >= 11 is 4.97. The summed E-state index contributed by atoms with van der Waals surface area (Å²) in [6.07, 6.45) is 1.41. The van der Waals surface area contributed by atoms with Crippen LogP contribution in [0.1, 0.15) is 11.1 Å². The lowest BCUT2D eigenvalue weighted by Crippen LogP contribution is -2.30. The lowest BCUT2D eigenvalue weighted by atomic mass is 10.2. The van der Waals surface area contributed by atoms with Crippen LogP contribution in [0.4, 0.5) is 5.69 Å². The first-order chi connectivity index (χ1) is 11.9. The number of ether oxygens (including phenoxy) is 1. The van der Waals surface area contributed by atoms with Crippen molar-refractivity contribution >= 4 is 29.2 Å². The third kappa shape index (κ3) is 4.64. The molecule has 3 N–H and O–H groups in total. The van der Waals surface area contributed by atoms with Gasteiger partial charge in [0.05, 0.1) is 24.8 Å². The Morgan fingerprint density at radius 1 is 1.44 bits per heavy atom. The number of hydrazone groups is 1. The van der Waals surface area contributed by atoms with Crippen molar-refractivity contribution in [3.63, 3.8) is 0 Å². The molecule has 0 aliphatic carbocycles. The first-order valence-electron chi connectivity index (χ1n) is 7.12. The van der Waals surface area contributed by atoms with E-state index in [2.05, 4.69) is 5.10 Å². The number of thiocarbonyl (C=S) groups is 1. The van der Waals surface area contributed by atoms with Gasteiger partial charge in [0.25, 0.3) is 0 Å². The van der Waals surface area contributed by atoms with Gasteiger partial charge in [-0.25, -0.2) is 5.01 Å². The van der Waals surface area contributed by atoms with Crippen molar-refractivity contribution in [2.45, 2.75) is 6.54 Å².